The van der Waals surface area contributed by atoms with E-state index in [-0.39, 0.29) is 60.7 Å². The molecule has 0 radical (unpaired) electrons. The zero-order valence-electron chi connectivity index (χ0n) is 40.3. The molecule has 4 aromatic heterocycles. The van der Waals surface area contributed by atoms with Gasteiger partial charge < -0.3 is 28.3 Å². The normalized spacial score (nSPS) is 12.5. The first kappa shape index (κ1) is 53.3. The number of nitrogens with zero attached hydrogens (tertiary/aromatic N) is 2. The number of halogens is 6. The number of aryl methyl sites for hydroxylation is 4. The Morgan fingerprint density at radius 2 is 0.861 bits per heavy atom. The van der Waals surface area contributed by atoms with E-state index in [9.17, 15) is 43.2 Å². The van der Waals surface area contributed by atoms with Crippen LogP contribution in [0.15, 0.2) is 128 Å². The summed E-state index contributed by atoms with van der Waals surface area (Å²) in [6.07, 6.45) is -5.06. The first-order valence-electron chi connectivity index (χ1n) is 22.9. The number of ether oxygens (including phenoxy) is 2. The van der Waals surface area contributed by atoms with Crippen LogP contribution < -0.4 is 9.47 Å². The third kappa shape index (κ3) is 12.4. The molecule has 0 aliphatic heterocycles. The lowest BCUT2D eigenvalue weighted by atomic mass is 10.1. The molecule has 0 aliphatic rings. The second-order valence-electron chi connectivity index (χ2n) is 17.2. The van der Waals surface area contributed by atoms with Crippen LogP contribution in [0.2, 0.25) is 0 Å². The van der Waals surface area contributed by atoms with Gasteiger partial charge >= 0.3 is 12.4 Å². The van der Waals surface area contributed by atoms with Crippen LogP contribution in [0.1, 0.15) is 69.9 Å². The lowest BCUT2D eigenvalue weighted by molar-refractivity contribution is -0.140. The van der Waals surface area contributed by atoms with Crippen molar-refractivity contribution >= 4 is 41.9 Å². The van der Waals surface area contributed by atoms with Crippen molar-refractivity contribution in [2.24, 2.45) is 0 Å². The highest BCUT2D eigenvalue weighted by atomic mass is 32.2. The quantitative estimate of drug-likeness (QED) is 0.0806. The summed E-state index contributed by atoms with van der Waals surface area (Å²) in [6.45, 7) is 9.94. The predicted octanol–water partition coefficient (Wildman–Crippen LogP) is 12.5. The van der Waals surface area contributed by atoms with Crippen LogP contribution in [0.4, 0.5) is 26.3 Å². The first-order valence-corrected chi connectivity index (χ1v) is 25.8. The van der Waals surface area contributed by atoms with Gasteiger partial charge in [0.2, 0.25) is 20.0 Å². The van der Waals surface area contributed by atoms with Crippen molar-refractivity contribution < 1.29 is 61.5 Å². The van der Waals surface area contributed by atoms with Crippen molar-refractivity contribution in [3.8, 4) is 11.9 Å². The number of hydrogen-bond donors (Lipinski definition) is 2. The van der Waals surface area contributed by atoms with E-state index < -0.39 is 55.4 Å². The molecule has 0 unspecified atom stereocenters. The molecule has 8 rings (SSSR count). The zero-order valence-corrected chi connectivity index (χ0v) is 41.9. The van der Waals surface area contributed by atoms with E-state index in [4.69, 9.17) is 18.3 Å². The Labute approximate surface area is 413 Å². The highest BCUT2D eigenvalue weighted by molar-refractivity contribution is 7.89. The average molecular weight is 1040 g/mol. The van der Waals surface area contributed by atoms with Gasteiger partial charge in [-0.1, -0.05) is 58.7 Å². The van der Waals surface area contributed by atoms with Crippen LogP contribution in [0, 0.1) is 27.7 Å². The van der Waals surface area contributed by atoms with Gasteiger partial charge in [0.15, 0.2) is 0 Å². The molecule has 0 bridgehead atoms. The Morgan fingerprint density at radius 3 is 1.19 bits per heavy atom. The molecule has 0 saturated heterocycles. The summed E-state index contributed by atoms with van der Waals surface area (Å²) < 4.78 is 158. The van der Waals surface area contributed by atoms with Crippen molar-refractivity contribution in [3.05, 3.63) is 165 Å². The molecule has 8 aromatic rings. The van der Waals surface area contributed by atoms with E-state index in [1.165, 1.54) is 24.3 Å². The van der Waals surface area contributed by atoms with E-state index in [2.05, 4.69) is 9.97 Å². The van der Waals surface area contributed by atoms with Gasteiger partial charge in [0.25, 0.3) is 11.9 Å². The summed E-state index contributed by atoms with van der Waals surface area (Å²) in [7, 11) is -8.08. The fourth-order valence-electron chi connectivity index (χ4n) is 8.00. The maximum Gasteiger partial charge on any atom is 0.423 e. The number of H-pyrrole nitrogens is 2. The number of hydrogen-bond acceptors (Lipinski definition) is 8. The Morgan fingerprint density at radius 1 is 0.514 bits per heavy atom. The predicted molar refractivity (Wildman–Crippen MR) is 261 cm³/mol. The highest BCUT2D eigenvalue weighted by Crippen LogP contribution is 2.41. The van der Waals surface area contributed by atoms with Crippen LogP contribution in [0.5, 0.6) is 11.9 Å². The molecule has 0 saturated carbocycles. The van der Waals surface area contributed by atoms with Gasteiger partial charge in [0, 0.05) is 47.3 Å². The van der Waals surface area contributed by atoms with Gasteiger partial charge in [-0.2, -0.15) is 35.0 Å². The fraction of sp³-hybridized carbons (Fsp3) is 0.308. The van der Waals surface area contributed by atoms with Crippen molar-refractivity contribution in [1.29, 1.82) is 0 Å². The minimum atomic E-state index is -4.70. The number of furan rings is 2. The Kier molecular flexibility index (Phi) is 16.1. The van der Waals surface area contributed by atoms with Gasteiger partial charge in [-0.3, -0.25) is 0 Å². The summed E-state index contributed by atoms with van der Waals surface area (Å²) in [6, 6.07) is 26.1. The number of benzene rings is 4. The molecule has 0 spiro atoms. The van der Waals surface area contributed by atoms with E-state index in [1.54, 1.807) is 38.1 Å². The Balaban J connectivity index is 0.000000211. The molecule has 2 N–H and O–H groups in total. The molecule has 0 fully saturated rings. The van der Waals surface area contributed by atoms with Crippen molar-refractivity contribution in [1.82, 2.24) is 18.6 Å². The highest BCUT2D eigenvalue weighted by Gasteiger charge is 2.40. The molecule has 0 amide bonds. The molecule has 4 aromatic carbocycles. The molecule has 4 heterocycles. The lowest BCUT2D eigenvalue weighted by Crippen LogP contribution is -2.32. The SMILES string of the molecule is CCOc1oc(CN(CCc2c[nH]c3ccc(C)cc23)S(=O)(=O)c2ccc(C)cc2)cc1C(F)(F)F.CCOc1oc(CN(CCc2c[nH]c3ccc(C)cc23)S(=O)(=O)c2ccc(C)cc2)cc1C(F)(F)F. The first-order chi connectivity index (χ1) is 34.0. The third-order valence-electron chi connectivity index (χ3n) is 11.7. The second kappa shape index (κ2) is 21.7. The van der Waals surface area contributed by atoms with Gasteiger partial charge in [-0.25, -0.2) is 16.8 Å². The molecule has 20 heteroatoms. The lowest BCUT2D eigenvalue weighted by Gasteiger charge is -2.21. The maximum absolute atomic E-state index is 13.6. The summed E-state index contributed by atoms with van der Waals surface area (Å²) in [5.74, 6) is -1.65. The average Bonchev–Trinajstić information content (AvgIpc) is 4.12. The van der Waals surface area contributed by atoms with E-state index in [0.29, 0.717) is 12.8 Å². The number of alkyl halides is 6. The molecule has 72 heavy (non-hydrogen) atoms. The van der Waals surface area contributed by atoms with Crippen LogP contribution in [-0.2, 0) is 58.3 Å². The number of rotatable bonds is 18. The van der Waals surface area contributed by atoms with Crippen LogP contribution in [-0.4, -0.2) is 61.7 Å². The minimum absolute atomic E-state index is 0.0264. The molecule has 12 nitrogen and oxygen atoms in total. The van der Waals surface area contributed by atoms with E-state index in [1.807, 2.05) is 76.5 Å². The number of aromatic nitrogens is 2. The van der Waals surface area contributed by atoms with E-state index in [0.717, 1.165) is 75.9 Å². The fourth-order valence-corrected chi connectivity index (χ4v) is 10.8. The largest absolute Gasteiger partial charge is 0.465 e. The third-order valence-corrected chi connectivity index (χ3v) is 15.5. The molecular formula is C52H54F6N4O8S2. The maximum atomic E-state index is 13.6. The van der Waals surface area contributed by atoms with Crippen molar-refractivity contribution in [3.63, 3.8) is 0 Å². The summed E-state index contributed by atoms with van der Waals surface area (Å²) in [5.41, 5.74) is 5.41. The monoisotopic (exact) mass is 1040 g/mol. The number of fused-ring (bicyclic) bond motifs is 2. The standard InChI is InChI=1S/2C26H27F3N2O4S/c2*1-4-34-25-23(26(27,28)29)14-20(35-25)16-31(36(32,33)21-8-5-17(2)6-9-21)12-11-19-15-30-24-10-7-18(3)13-22(19)24/h2*5-10,13-15,30H,4,11-12,16H2,1-3H3. The Hall–Kier alpha value is -6.48. The summed E-state index contributed by atoms with van der Waals surface area (Å²) in [5, 5.41) is 1.94. The number of sulfonamides is 2. The van der Waals surface area contributed by atoms with Crippen molar-refractivity contribution in [2.45, 2.75) is 89.6 Å². The second-order valence-corrected chi connectivity index (χ2v) is 21.1. The van der Waals surface area contributed by atoms with Crippen LogP contribution >= 0.6 is 0 Å². The van der Waals surface area contributed by atoms with Gasteiger partial charge in [0.1, 0.15) is 22.6 Å². The van der Waals surface area contributed by atoms with Crippen molar-refractivity contribution in [2.75, 3.05) is 26.3 Å². The number of nitrogens with one attached hydrogen (secondary N) is 2. The Bertz CT molecular complexity index is 3130. The minimum Gasteiger partial charge on any atom is -0.465 e. The van der Waals surface area contributed by atoms with Crippen LogP contribution in [0.3, 0.4) is 0 Å². The molecule has 0 atom stereocenters. The smallest absolute Gasteiger partial charge is 0.423 e. The summed E-state index contributed by atoms with van der Waals surface area (Å²) in [4.78, 5) is 6.46. The van der Waals surface area contributed by atoms with Crippen LogP contribution in [0.25, 0.3) is 21.8 Å². The molecule has 384 valence electrons. The molecular weight excluding hydrogens is 987 g/mol. The van der Waals surface area contributed by atoms with E-state index >= 15 is 0 Å². The topological polar surface area (TPSA) is 151 Å². The van der Waals surface area contributed by atoms with Gasteiger partial charge in [-0.15, -0.1) is 0 Å². The molecule has 0 aliphatic carbocycles. The number of aromatic amines is 2. The zero-order chi connectivity index (χ0) is 52.2. The summed E-state index contributed by atoms with van der Waals surface area (Å²) >= 11 is 0. The van der Waals surface area contributed by atoms with Gasteiger partial charge in [0.05, 0.1) is 36.1 Å². The van der Waals surface area contributed by atoms with Gasteiger partial charge in [-0.05, 0) is 126 Å².